The maximum Gasteiger partial charge on any atom is 0.425 e. The molecule has 2 N–H and O–H groups in total. The lowest BCUT2D eigenvalue weighted by Gasteiger charge is -2.19. The van der Waals surface area contributed by atoms with Gasteiger partial charge in [-0.15, -0.1) is 5.10 Å². The fourth-order valence-corrected chi connectivity index (χ4v) is 2.92. The maximum absolute atomic E-state index is 15.0. The number of hydrogen-bond acceptors (Lipinski definition) is 9. The lowest BCUT2D eigenvalue weighted by Crippen LogP contribution is -2.33. The van der Waals surface area contributed by atoms with Crippen molar-refractivity contribution >= 4 is 11.7 Å². The number of alkyl halides is 3. The molecule has 0 aliphatic carbocycles. The van der Waals surface area contributed by atoms with Gasteiger partial charge in [-0.2, -0.15) is 27.8 Å². The Hall–Kier alpha value is -4.15. The van der Waals surface area contributed by atoms with E-state index < -0.39 is 65.2 Å². The minimum atomic E-state index is -4.92. The van der Waals surface area contributed by atoms with Crippen molar-refractivity contribution in [3.63, 3.8) is 0 Å². The number of aliphatic hydroxyl groups is 1. The van der Waals surface area contributed by atoms with E-state index in [-0.39, 0.29) is 25.0 Å². The third-order valence-corrected chi connectivity index (χ3v) is 4.74. The first-order valence-corrected chi connectivity index (χ1v) is 10.6. The van der Waals surface area contributed by atoms with Gasteiger partial charge in [0.2, 0.25) is 5.88 Å². The summed E-state index contributed by atoms with van der Waals surface area (Å²) in [4.78, 5) is 36.2. The Morgan fingerprint density at radius 2 is 1.92 bits per heavy atom. The highest BCUT2D eigenvalue weighted by molar-refractivity contribution is 6.05. The van der Waals surface area contributed by atoms with Gasteiger partial charge < -0.3 is 19.9 Å². The molecule has 0 fully saturated rings. The number of aromatic nitrogens is 6. The summed E-state index contributed by atoms with van der Waals surface area (Å²) in [6.07, 6.45) is -6.77. The van der Waals surface area contributed by atoms with Crippen LogP contribution in [0.15, 0.2) is 17.1 Å². The Balaban J connectivity index is 2.12. The summed E-state index contributed by atoms with van der Waals surface area (Å²) < 4.78 is 79.9. The predicted molar refractivity (Wildman–Crippen MR) is 114 cm³/mol. The average Bonchev–Trinajstić information content (AvgIpc) is 3.16. The predicted octanol–water partition coefficient (Wildman–Crippen LogP) is 1.99. The summed E-state index contributed by atoms with van der Waals surface area (Å²) in [6.45, 7) is 3.15. The number of hydrogen-bond donors (Lipinski definition) is 2. The van der Waals surface area contributed by atoms with Crippen LogP contribution in [-0.4, -0.2) is 59.2 Å². The van der Waals surface area contributed by atoms with Crippen molar-refractivity contribution in [1.29, 1.82) is 0 Å². The van der Waals surface area contributed by atoms with Gasteiger partial charge in [-0.3, -0.25) is 9.36 Å². The molecule has 0 spiro atoms. The van der Waals surface area contributed by atoms with Crippen molar-refractivity contribution in [2.24, 2.45) is 0 Å². The number of rotatable bonds is 9. The van der Waals surface area contributed by atoms with E-state index in [0.717, 1.165) is 4.57 Å². The summed E-state index contributed by atoms with van der Waals surface area (Å²) in [5, 5.41) is 15.1. The maximum atomic E-state index is 15.0. The molecule has 3 heterocycles. The molecule has 0 aliphatic heterocycles. The molecule has 0 bridgehead atoms. The van der Waals surface area contributed by atoms with Gasteiger partial charge in [-0.05, 0) is 26.8 Å². The number of amides is 1. The lowest BCUT2D eigenvalue weighted by molar-refractivity contribution is -0.190. The second-order valence-electron chi connectivity index (χ2n) is 7.20. The van der Waals surface area contributed by atoms with Crippen LogP contribution in [0.3, 0.4) is 0 Å². The summed E-state index contributed by atoms with van der Waals surface area (Å²) >= 11 is 0. The number of carbonyl (C=O) groups is 1. The number of anilines is 1. The van der Waals surface area contributed by atoms with E-state index in [9.17, 15) is 32.3 Å². The minimum Gasteiger partial charge on any atom is -0.464 e. The molecule has 37 heavy (non-hydrogen) atoms. The third kappa shape index (κ3) is 5.82. The monoisotopic (exact) mass is 533 g/mol. The summed E-state index contributed by atoms with van der Waals surface area (Å²) in [5.41, 5.74) is -1.84. The van der Waals surface area contributed by atoms with Gasteiger partial charge in [0.15, 0.2) is 35.2 Å². The molecule has 1 atom stereocenters. The SMILES string of the molecule is CCOc1ncc(F)c(NC(=O)c2cc(F)c(-n3nc(CO)n(CC)c3=O)nc2OC(C)C(F)(F)F)n1. The van der Waals surface area contributed by atoms with Crippen LogP contribution in [0.2, 0.25) is 0 Å². The van der Waals surface area contributed by atoms with E-state index >= 15 is 4.39 Å². The Morgan fingerprint density at radius 3 is 2.49 bits per heavy atom. The molecule has 12 nitrogen and oxygen atoms in total. The molecular formula is C20H20F5N7O5. The fourth-order valence-electron chi connectivity index (χ4n) is 2.92. The first-order chi connectivity index (χ1) is 17.4. The first kappa shape index (κ1) is 27.4. The van der Waals surface area contributed by atoms with Crippen molar-refractivity contribution in [3.8, 4) is 17.7 Å². The minimum absolute atomic E-state index is 0.0273. The zero-order chi connectivity index (χ0) is 27.5. The van der Waals surface area contributed by atoms with Crippen LogP contribution in [0.1, 0.15) is 37.0 Å². The van der Waals surface area contributed by atoms with E-state index in [2.05, 4.69) is 20.1 Å². The van der Waals surface area contributed by atoms with Crippen LogP contribution in [0.5, 0.6) is 11.9 Å². The smallest absolute Gasteiger partial charge is 0.425 e. The summed E-state index contributed by atoms with van der Waals surface area (Å²) in [7, 11) is 0. The largest absolute Gasteiger partial charge is 0.464 e. The quantitative estimate of drug-likeness (QED) is 0.394. The lowest BCUT2D eigenvalue weighted by atomic mass is 10.2. The van der Waals surface area contributed by atoms with Crippen LogP contribution in [0, 0.1) is 11.6 Å². The van der Waals surface area contributed by atoms with E-state index in [0.29, 0.717) is 23.9 Å². The number of halogens is 5. The van der Waals surface area contributed by atoms with Gasteiger partial charge in [0, 0.05) is 6.54 Å². The van der Waals surface area contributed by atoms with E-state index in [4.69, 9.17) is 9.47 Å². The number of nitrogens with one attached hydrogen (secondary N) is 1. The number of aliphatic hydroxyl groups excluding tert-OH is 1. The second-order valence-corrected chi connectivity index (χ2v) is 7.20. The molecule has 3 rings (SSSR count). The molecule has 0 saturated carbocycles. The van der Waals surface area contributed by atoms with Crippen LogP contribution in [-0.2, 0) is 13.2 Å². The molecule has 0 saturated heterocycles. The standard InChI is InChI=1S/C20H20F5N7O5/c1-4-31-13(8-33)30-32(19(31)35)15-11(21)6-10(17(29-15)37-9(3)20(23,24)25)16(34)27-14-12(22)7-26-18(28-14)36-5-2/h6-7,9,33H,4-5,8H2,1-3H3,(H,26,27,28,34). The molecule has 3 aromatic rings. The van der Waals surface area contributed by atoms with Gasteiger partial charge in [-0.1, -0.05) is 0 Å². The summed E-state index contributed by atoms with van der Waals surface area (Å²) in [6, 6.07) is 0.126. The fraction of sp³-hybridized carbons (Fsp3) is 0.400. The van der Waals surface area contributed by atoms with Crippen molar-refractivity contribution in [1.82, 2.24) is 29.3 Å². The van der Waals surface area contributed by atoms with E-state index in [1.54, 1.807) is 6.92 Å². The Morgan fingerprint density at radius 1 is 1.22 bits per heavy atom. The zero-order valence-corrected chi connectivity index (χ0v) is 19.5. The highest BCUT2D eigenvalue weighted by Gasteiger charge is 2.39. The molecule has 17 heteroatoms. The second kappa shape index (κ2) is 10.9. The highest BCUT2D eigenvalue weighted by atomic mass is 19.4. The number of pyridine rings is 1. The van der Waals surface area contributed by atoms with Gasteiger partial charge in [-0.25, -0.2) is 18.6 Å². The molecule has 0 radical (unpaired) electrons. The topological polar surface area (TPSA) is 146 Å². The third-order valence-electron chi connectivity index (χ3n) is 4.74. The highest BCUT2D eigenvalue weighted by Crippen LogP contribution is 2.28. The average molecular weight is 533 g/mol. The Bertz CT molecular complexity index is 1360. The molecular weight excluding hydrogens is 513 g/mol. The molecule has 200 valence electrons. The van der Waals surface area contributed by atoms with Crippen molar-refractivity contribution < 1.29 is 41.3 Å². The van der Waals surface area contributed by atoms with Crippen molar-refractivity contribution in [2.45, 2.75) is 46.2 Å². The van der Waals surface area contributed by atoms with Gasteiger partial charge in [0.05, 0.1) is 12.8 Å². The van der Waals surface area contributed by atoms with Gasteiger partial charge in [0.1, 0.15) is 12.2 Å². The molecule has 0 aliphatic rings. The molecule has 1 amide bonds. The molecule has 3 aromatic heterocycles. The van der Waals surface area contributed by atoms with Crippen molar-refractivity contribution in [3.05, 3.63) is 45.8 Å². The Kier molecular flexibility index (Phi) is 8.05. The van der Waals surface area contributed by atoms with Gasteiger partial charge >= 0.3 is 17.9 Å². The zero-order valence-electron chi connectivity index (χ0n) is 19.5. The van der Waals surface area contributed by atoms with E-state index in [1.807, 2.05) is 5.32 Å². The Labute approximate surface area is 204 Å². The van der Waals surface area contributed by atoms with E-state index in [1.165, 1.54) is 6.92 Å². The van der Waals surface area contributed by atoms with Crippen molar-refractivity contribution in [2.75, 3.05) is 11.9 Å². The van der Waals surface area contributed by atoms with Crippen LogP contribution in [0.4, 0.5) is 27.8 Å². The molecule has 0 aromatic carbocycles. The summed E-state index contributed by atoms with van der Waals surface area (Å²) in [5.74, 6) is -6.66. The normalized spacial score (nSPS) is 12.4. The number of ether oxygens (including phenoxy) is 2. The molecule has 1 unspecified atom stereocenters. The van der Waals surface area contributed by atoms with Gasteiger partial charge in [0.25, 0.3) is 5.91 Å². The first-order valence-electron chi connectivity index (χ1n) is 10.6. The van der Waals surface area contributed by atoms with Crippen LogP contribution < -0.4 is 20.5 Å². The number of nitrogens with zero attached hydrogens (tertiary/aromatic N) is 6. The van der Waals surface area contributed by atoms with Crippen LogP contribution >= 0.6 is 0 Å². The van der Waals surface area contributed by atoms with Crippen LogP contribution in [0.25, 0.3) is 5.82 Å². The number of carbonyl (C=O) groups excluding carboxylic acids is 1.